The predicted molar refractivity (Wildman–Crippen MR) is 54.8 cm³/mol. The Hall–Kier alpha value is -0.540. The standard InChI is InChI=1S/C9H16ClN3/c1-5-9(3,11)8-7(10)6(2)12-13(8)4/h5,11H2,1-4H3. The summed E-state index contributed by atoms with van der Waals surface area (Å²) < 4.78 is 1.77. The van der Waals surface area contributed by atoms with Crippen LogP contribution >= 0.6 is 11.6 Å². The molecule has 1 heterocycles. The Labute approximate surface area is 83.9 Å². The molecule has 0 aliphatic carbocycles. The Morgan fingerprint density at radius 1 is 1.62 bits per heavy atom. The van der Waals surface area contributed by atoms with Gasteiger partial charge < -0.3 is 5.73 Å². The van der Waals surface area contributed by atoms with Crippen LogP contribution < -0.4 is 5.73 Å². The molecule has 3 nitrogen and oxygen atoms in total. The molecule has 1 aromatic rings. The zero-order valence-electron chi connectivity index (χ0n) is 8.56. The molecule has 1 aromatic heterocycles. The number of nitrogens with zero attached hydrogens (tertiary/aromatic N) is 2. The number of aromatic nitrogens is 2. The van der Waals surface area contributed by atoms with Crippen LogP contribution in [-0.4, -0.2) is 9.78 Å². The molecule has 0 saturated heterocycles. The minimum absolute atomic E-state index is 0.396. The summed E-state index contributed by atoms with van der Waals surface area (Å²) in [5, 5.41) is 4.92. The van der Waals surface area contributed by atoms with Crippen LogP contribution in [0.1, 0.15) is 31.7 Å². The van der Waals surface area contributed by atoms with E-state index < -0.39 is 5.54 Å². The number of halogens is 1. The van der Waals surface area contributed by atoms with Crippen LogP contribution in [-0.2, 0) is 12.6 Å². The fraction of sp³-hybridized carbons (Fsp3) is 0.667. The van der Waals surface area contributed by atoms with Crippen LogP contribution in [0.2, 0.25) is 5.02 Å². The van der Waals surface area contributed by atoms with Crippen molar-refractivity contribution in [1.82, 2.24) is 9.78 Å². The fourth-order valence-corrected chi connectivity index (χ4v) is 1.80. The highest BCUT2D eigenvalue weighted by Gasteiger charge is 2.27. The van der Waals surface area contributed by atoms with Gasteiger partial charge in [0, 0.05) is 7.05 Å². The van der Waals surface area contributed by atoms with Crippen LogP contribution in [0.3, 0.4) is 0 Å². The van der Waals surface area contributed by atoms with Gasteiger partial charge in [0.05, 0.1) is 21.9 Å². The van der Waals surface area contributed by atoms with E-state index >= 15 is 0 Å². The van der Waals surface area contributed by atoms with Gasteiger partial charge in [-0.25, -0.2) is 0 Å². The molecule has 2 N–H and O–H groups in total. The molecular weight excluding hydrogens is 186 g/mol. The topological polar surface area (TPSA) is 43.8 Å². The average Bonchev–Trinajstić information content (AvgIpc) is 2.27. The second kappa shape index (κ2) is 3.31. The number of hydrogen-bond acceptors (Lipinski definition) is 2. The van der Waals surface area contributed by atoms with E-state index in [-0.39, 0.29) is 0 Å². The van der Waals surface area contributed by atoms with E-state index in [1.807, 2.05) is 27.8 Å². The molecule has 0 bridgehead atoms. The summed E-state index contributed by atoms with van der Waals surface area (Å²) >= 11 is 6.11. The lowest BCUT2D eigenvalue weighted by Crippen LogP contribution is -2.34. The van der Waals surface area contributed by atoms with Gasteiger partial charge in [-0.3, -0.25) is 4.68 Å². The normalized spacial score (nSPS) is 15.8. The largest absolute Gasteiger partial charge is 0.320 e. The maximum atomic E-state index is 6.11. The van der Waals surface area contributed by atoms with Gasteiger partial charge in [0.1, 0.15) is 0 Å². The van der Waals surface area contributed by atoms with Crippen molar-refractivity contribution in [3.8, 4) is 0 Å². The van der Waals surface area contributed by atoms with Gasteiger partial charge >= 0.3 is 0 Å². The molecule has 13 heavy (non-hydrogen) atoms. The smallest absolute Gasteiger partial charge is 0.0866 e. The lowest BCUT2D eigenvalue weighted by molar-refractivity contribution is 0.436. The van der Waals surface area contributed by atoms with Crippen molar-refractivity contribution in [2.45, 2.75) is 32.7 Å². The summed E-state index contributed by atoms with van der Waals surface area (Å²) in [7, 11) is 1.87. The molecule has 1 atom stereocenters. The molecule has 1 unspecified atom stereocenters. The highest BCUT2D eigenvalue weighted by Crippen LogP contribution is 2.29. The van der Waals surface area contributed by atoms with Crippen LogP contribution in [0.25, 0.3) is 0 Å². The first-order valence-corrected chi connectivity index (χ1v) is 4.76. The summed E-state index contributed by atoms with van der Waals surface area (Å²) in [6, 6.07) is 0. The summed E-state index contributed by atoms with van der Waals surface area (Å²) in [6.45, 7) is 5.89. The number of nitrogens with two attached hydrogens (primary N) is 1. The first-order valence-electron chi connectivity index (χ1n) is 4.38. The number of hydrogen-bond donors (Lipinski definition) is 1. The van der Waals surface area contributed by atoms with Crippen LogP contribution in [0, 0.1) is 6.92 Å². The summed E-state index contributed by atoms with van der Waals surface area (Å²) in [6.07, 6.45) is 0.839. The fourth-order valence-electron chi connectivity index (χ4n) is 1.42. The summed E-state index contributed by atoms with van der Waals surface area (Å²) in [5.74, 6) is 0. The third-order valence-electron chi connectivity index (χ3n) is 2.42. The maximum absolute atomic E-state index is 6.11. The Morgan fingerprint density at radius 2 is 2.15 bits per heavy atom. The first-order chi connectivity index (χ1) is 5.90. The zero-order chi connectivity index (χ0) is 10.2. The van der Waals surface area contributed by atoms with Crippen molar-refractivity contribution in [3.05, 3.63) is 16.4 Å². The third kappa shape index (κ3) is 1.71. The minimum atomic E-state index is -0.396. The van der Waals surface area contributed by atoms with Crippen molar-refractivity contribution in [1.29, 1.82) is 0 Å². The van der Waals surface area contributed by atoms with Crippen molar-refractivity contribution < 1.29 is 0 Å². The second-order valence-electron chi connectivity index (χ2n) is 3.64. The molecule has 0 aliphatic rings. The zero-order valence-corrected chi connectivity index (χ0v) is 9.31. The van der Waals surface area contributed by atoms with Crippen molar-refractivity contribution >= 4 is 11.6 Å². The van der Waals surface area contributed by atoms with E-state index in [1.54, 1.807) is 4.68 Å². The van der Waals surface area contributed by atoms with E-state index in [0.717, 1.165) is 17.8 Å². The molecule has 74 valence electrons. The van der Waals surface area contributed by atoms with Gasteiger partial charge in [0.2, 0.25) is 0 Å². The van der Waals surface area contributed by atoms with Gasteiger partial charge in [-0.05, 0) is 20.3 Å². The Kier molecular flexibility index (Phi) is 2.68. The average molecular weight is 202 g/mol. The monoisotopic (exact) mass is 201 g/mol. The SMILES string of the molecule is CCC(C)(N)c1c(Cl)c(C)nn1C. The van der Waals surface area contributed by atoms with Crippen molar-refractivity contribution in [3.63, 3.8) is 0 Å². The van der Waals surface area contributed by atoms with Gasteiger partial charge in [-0.15, -0.1) is 0 Å². The van der Waals surface area contributed by atoms with E-state index in [1.165, 1.54) is 0 Å². The third-order valence-corrected chi connectivity index (χ3v) is 2.88. The van der Waals surface area contributed by atoms with E-state index in [2.05, 4.69) is 5.10 Å². The first kappa shape index (κ1) is 10.5. The maximum Gasteiger partial charge on any atom is 0.0866 e. The molecular formula is C9H16ClN3. The lowest BCUT2D eigenvalue weighted by atomic mass is 9.95. The Balaban J connectivity index is 3.28. The summed E-state index contributed by atoms with van der Waals surface area (Å²) in [5.41, 5.74) is 7.46. The predicted octanol–water partition coefficient (Wildman–Crippen LogP) is 1.97. The molecule has 1 rings (SSSR count). The molecule has 0 spiro atoms. The molecule has 0 aliphatic heterocycles. The van der Waals surface area contributed by atoms with Crippen LogP contribution in [0.5, 0.6) is 0 Å². The van der Waals surface area contributed by atoms with Crippen LogP contribution in [0.4, 0.5) is 0 Å². The molecule has 0 amide bonds. The molecule has 4 heteroatoms. The molecule has 0 saturated carbocycles. The number of aryl methyl sites for hydroxylation is 2. The molecule has 0 fully saturated rings. The molecule has 0 radical (unpaired) electrons. The van der Waals surface area contributed by atoms with Gasteiger partial charge in [-0.1, -0.05) is 18.5 Å². The van der Waals surface area contributed by atoms with Crippen LogP contribution in [0.15, 0.2) is 0 Å². The summed E-state index contributed by atoms with van der Waals surface area (Å²) in [4.78, 5) is 0. The highest BCUT2D eigenvalue weighted by atomic mass is 35.5. The molecule has 0 aromatic carbocycles. The van der Waals surface area contributed by atoms with Gasteiger partial charge in [0.15, 0.2) is 0 Å². The van der Waals surface area contributed by atoms with Crippen molar-refractivity contribution in [2.75, 3.05) is 0 Å². The minimum Gasteiger partial charge on any atom is -0.320 e. The quantitative estimate of drug-likeness (QED) is 0.795. The van der Waals surface area contributed by atoms with Gasteiger partial charge in [0.25, 0.3) is 0 Å². The van der Waals surface area contributed by atoms with E-state index in [4.69, 9.17) is 17.3 Å². The highest BCUT2D eigenvalue weighted by molar-refractivity contribution is 6.32. The Morgan fingerprint density at radius 3 is 2.46 bits per heavy atom. The Bertz CT molecular complexity index is 315. The number of rotatable bonds is 2. The van der Waals surface area contributed by atoms with E-state index in [9.17, 15) is 0 Å². The second-order valence-corrected chi connectivity index (χ2v) is 4.02. The van der Waals surface area contributed by atoms with Gasteiger partial charge in [-0.2, -0.15) is 5.10 Å². The lowest BCUT2D eigenvalue weighted by Gasteiger charge is -2.23. The van der Waals surface area contributed by atoms with E-state index in [0.29, 0.717) is 5.02 Å². The van der Waals surface area contributed by atoms with Crippen molar-refractivity contribution in [2.24, 2.45) is 12.8 Å².